The molecule has 194 valence electrons. The van der Waals surface area contributed by atoms with E-state index in [0.717, 1.165) is 0 Å². The molecule has 0 aliphatic carbocycles. The highest BCUT2D eigenvalue weighted by atomic mass is 127. The number of amides is 2. The highest BCUT2D eigenvalue weighted by Gasteiger charge is 2.16. The van der Waals surface area contributed by atoms with E-state index in [1.807, 2.05) is 28.7 Å². The van der Waals surface area contributed by atoms with Crippen molar-refractivity contribution in [3.05, 3.63) is 86.8 Å². The summed E-state index contributed by atoms with van der Waals surface area (Å²) in [5, 5.41) is 14.8. The number of ether oxygens (including phenoxy) is 3. The maximum absolute atomic E-state index is 13.0. The highest BCUT2D eigenvalue weighted by molar-refractivity contribution is 14.1. The molecule has 3 aromatic rings. The van der Waals surface area contributed by atoms with Crippen LogP contribution in [0.15, 0.2) is 66.2 Å². The molecule has 3 rings (SSSR count). The molecular formula is C27H21FIN3O6. The Kier molecular flexibility index (Phi) is 9.78. The van der Waals surface area contributed by atoms with Crippen molar-refractivity contribution in [3.8, 4) is 17.6 Å². The van der Waals surface area contributed by atoms with Gasteiger partial charge in [0.2, 0.25) is 0 Å². The number of carbonyl (C=O) groups is 3. The van der Waals surface area contributed by atoms with E-state index >= 15 is 0 Å². The van der Waals surface area contributed by atoms with Crippen LogP contribution in [0.3, 0.4) is 0 Å². The van der Waals surface area contributed by atoms with Crippen LogP contribution in [0.25, 0.3) is 6.08 Å². The van der Waals surface area contributed by atoms with Crippen LogP contribution in [0.1, 0.15) is 15.9 Å². The first kappa shape index (κ1) is 28.1. The van der Waals surface area contributed by atoms with E-state index in [9.17, 15) is 24.0 Å². The number of nitrogens with zero attached hydrogens (tertiary/aromatic N) is 1. The number of carbonyl (C=O) groups excluding carboxylic acids is 3. The van der Waals surface area contributed by atoms with Gasteiger partial charge in [0, 0.05) is 11.4 Å². The van der Waals surface area contributed by atoms with Gasteiger partial charge in [-0.1, -0.05) is 0 Å². The minimum absolute atomic E-state index is 0.174. The van der Waals surface area contributed by atoms with Gasteiger partial charge in [0.25, 0.3) is 11.8 Å². The molecule has 0 aliphatic heterocycles. The summed E-state index contributed by atoms with van der Waals surface area (Å²) in [7, 11) is 2.68. The SMILES string of the molecule is COC(=O)c1ccc(NC(=O)/C(C#N)=C\c2cc(I)c(OCC(=O)Nc3ccc(F)cc3)c(OC)c2)cc1. The van der Waals surface area contributed by atoms with E-state index in [0.29, 0.717) is 31.8 Å². The molecule has 0 fully saturated rings. The number of esters is 1. The van der Waals surface area contributed by atoms with E-state index in [1.165, 1.54) is 68.8 Å². The van der Waals surface area contributed by atoms with E-state index in [-0.39, 0.29) is 17.9 Å². The molecule has 0 heterocycles. The molecule has 2 amide bonds. The minimum atomic E-state index is -0.648. The largest absolute Gasteiger partial charge is 0.493 e. The fourth-order valence-electron chi connectivity index (χ4n) is 3.15. The van der Waals surface area contributed by atoms with Crippen LogP contribution in [0.5, 0.6) is 11.5 Å². The van der Waals surface area contributed by atoms with Gasteiger partial charge < -0.3 is 24.8 Å². The van der Waals surface area contributed by atoms with Crippen molar-refractivity contribution in [2.45, 2.75) is 0 Å². The first-order valence-corrected chi connectivity index (χ1v) is 12.0. The Labute approximate surface area is 231 Å². The number of nitrogens with one attached hydrogen (secondary N) is 2. The first-order chi connectivity index (χ1) is 18.2. The predicted octanol–water partition coefficient (Wildman–Crippen LogP) is 4.79. The normalized spacial score (nSPS) is 10.7. The number of hydrogen-bond donors (Lipinski definition) is 2. The minimum Gasteiger partial charge on any atom is -0.493 e. The summed E-state index contributed by atoms with van der Waals surface area (Å²) >= 11 is 1.99. The van der Waals surface area contributed by atoms with Crippen LogP contribution in [-0.2, 0) is 14.3 Å². The van der Waals surface area contributed by atoms with Gasteiger partial charge >= 0.3 is 5.97 Å². The van der Waals surface area contributed by atoms with Crippen molar-refractivity contribution in [2.75, 3.05) is 31.5 Å². The third-order valence-corrected chi connectivity index (χ3v) is 5.77. The number of halogens is 2. The lowest BCUT2D eigenvalue weighted by molar-refractivity contribution is -0.118. The van der Waals surface area contributed by atoms with E-state index < -0.39 is 23.6 Å². The molecule has 0 saturated carbocycles. The van der Waals surface area contributed by atoms with Gasteiger partial charge in [-0.3, -0.25) is 9.59 Å². The lowest BCUT2D eigenvalue weighted by Gasteiger charge is -2.14. The summed E-state index contributed by atoms with van der Waals surface area (Å²) in [6.07, 6.45) is 1.38. The van der Waals surface area contributed by atoms with Crippen molar-refractivity contribution in [2.24, 2.45) is 0 Å². The molecule has 0 unspecified atom stereocenters. The van der Waals surface area contributed by atoms with Gasteiger partial charge in [-0.25, -0.2) is 9.18 Å². The maximum atomic E-state index is 13.0. The van der Waals surface area contributed by atoms with Crippen molar-refractivity contribution >= 4 is 57.8 Å². The molecular weight excluding hydrogens is 608 g/mol. The van der Waals surface area contributed by atoms with E-state index in [1.54, 1.807) is 12.1 Å². The fourth-order valence-corrected chi connectivity index (χ4v) is 3.93. The van der Waals surface area contributed by atoms with E-state index in [4.69, 9.17) is 9.47 Å². The van der Waals surface area contributed by atoms with Gasteiger partial charge in [0.05, 0.1) is 23.4 Å². The molecule has 0 aliphatic rings. The number of methoxy groups -OCH3 is 2. The van der Waals surface area contributed by atoms with Crippen LogP contribution < -0.4 is 20.1 Å². The third-order valence-electron chi connectivity index (χ3n) is 4.97. The summed E-state index contributed by atoms with van der Waals surface area (Å²) in [4.78, 5) is 36.5. The molecule has 0 aromatic heterocycles. The average molecular weight is 629 g/mol. The average Bonchev–Trinajstić information content (AvgIpc) is 2.91. The van der Waals surface area contributed by atoms with Crippen molar-refractivity contribution in [1.29, 1.82) is 5.26 Å². The Morgan fingerprint density at radius 1 is 1.00 bits per heavy atom. The second-order valence-corrected chi connectivity index (χ2v) is 8.73. The molecule has 38 heavy (non-hydrogen) atoms. The molecule has 11 heteroatoms. The lowest BCUT2D eigenvalue weighted by atomic mass is 10.1. The Balaban J connectivity index is 1.71. The molecule has 9 nitrogen and oxygen atoms in total. The topological polar surface area (TPSA) is 127 Å². The molecule has 0 atom stereocenters. The van der Waals surface area contributed by atoms with Crippen LogP contribution in [-0.4, -0.2) is 38.6 Å². The third kappa shape index (κ3) is 7.53. The summed E-state index contributed by atoms with van der Waals surface area (Å²) < 4.78 is 29.3. The summed E-state index contributed by atoms with van der Waals surface area (Å²) in [6.45, 7) is -0.334. The van der Waals surface area contributed by atoms with Gasteiger partial charge in [0.1, 0.15) is 17.5 Å². The van der Waals surface area contributed by atoms with Crippen molar-refractivity contribution in [3.63, 3.8) is 0 Å². The molecule has 3 aromatic carbocycles. The smallest absolute Gasteiger partial charge is 0.337 e. The summed E-state index contributed by atoms with van der Waals surface area (Å²) in [5.41, 5.74) is 1.44. The second kappa shape index (κ2) is 13.2. The zero-order valence-electron chi connectivity index (χ0n) is 20.2. The number of anilines is 2. The van der Waals surface area contributed by atoms with Crippen LogP contribution in [0.4, 0.5) is 15.8 Å². The molecule has 0 bridgehead atoms. The Bertz CT molecular complexity index is 1420. The second-order valence-electron chi connectivity index (χ2n) is 7.57. The van der Waals surface area contributed by atoms with Crippen LogP contribution in [0, 0.1) is 20.7 Å². The Morgan fingerprint density at radius 3 is 2.24 bits per heavy atom. The van der Waals surface area contributed by atoms with Crippen molar-refractivity contribution in [1.82, 2.24) is 0 Å². The lowest BCUT2D eigenvalue weighted by Crippen LogP contribution is -2.20. The summed E-state index contributed by atoms with van der Waals surface area (Å²) in [6, 6.07) is 16.4. The fraction of sp³-hybridized carbons (Fsp3) is 0.111. The quantitative estimate of drug-likeness (QED) is 0.151. The standard InChI is InChI=1S/C27H21FIN3O6/c1-36-23-13-16(11-18(14-30)26(34)32-21-7-3-17(4-8-21)27(35)37-2)12-22(29)25(23)38-15-24(33)31-20-9-5-19(28)6-10-20/h3-13H,15H2,1-2H3,(H,31,33)(H,32,34)/b18-11-. The van der Waals surface area contributed by atoms with Crippen LogP contribution in [0.2, 0.25) is 0 Å². The number of rotatable bonds is 9. The molecule has 0 spiro atoms. The number of nitriles is 1. The van der Waals surface area contributed by atoms with E-state index in [2.05, 4.69) is 15.4 Å². The molecule has 2 N–H and O–H groups in total. The molecule has 0 saturated heterocycles. The van der Waals surface area contributed by atoms with Gasteiger partial charge in [-0.2, -0.15) is 5.26 Å². The maximum Gasteiger partial charge on any atom is 0.337 e. The van der Waals surface area contributed by atoms with Crippen LogP contribution >= 0.6 is 22.6 Å². The van der Waals surface area contributed by atoms with Gasteiger partial charge in [0.15, 0.2) is 18.1 Å². The summed E-state index contributed by atoms with van der Waals surface area (Å²) in [5.74, 6) is -1.45. The van der Waals surface area contributed by atoms with Crippen molar-refractivity contribution < 1.29 is 33.0 Å². The predicted molar refractivity (Wildman–Crippen MR) is 146 cm³/mol. The monoisotopic (exact) mass is 629 g/mol. The highest BCUT2D eigenvalue weighted by Crippen LogP contribution is 2.34. The zero-order chi connectivity index (χ0) is 27.7. The molecule has 0 radical (unpaired) electrons. The Hall–Kier alpha value is -4.44. The zero-order valence-corrected chi connectivity index (χ0v) is 22.4. The number of hydrogen-bond acceptors (Lipinski definition) is 7. The van der Waals surface area contributed by atoms with Gasteiger partial charge in [-0.15, -0.1) is 0 Å². The Morgan fingerprint density at radius 2 is 1.63 bits per heavy atom. The number of benzene rings is 3. The first-order valence-electron chi connectivity index (χ1n) is 10.9. The van der Waals surface area contributed by atoms with Gasteiger partial charge in [-0.05, 0) is 94.9 Å².